The van der Waals surface area contributed by atoms with Gasteiger partial charge in [-0.3, -0.25) is 0 Å². The van der Waals surface area contributed by atoms with Crippen LogP contribution in [0.15, 0.2) is 0 Å². The number of hydrogen-bond donors (Lipinski definition) is 3. The molecule has 0 aliphatic heterocycles. The van der Waals surface area contributed by atoms with Crippen LogP contribution in [0.2, 0.25) is 0 Å². The number of hydrogen-bond acceptors (Lipinski definition) is 4. The van der Waals surface area contributed by atoms with Gasteiger partial charge in [-0.2, -0.15) is 0 Å². The summed E-state index contributed by atoms with van der Waals surface area (Å²) in [6.45, 7) is 3.06. The van der Waals surface area contributed by atoms with E-state index in [0.29, 0.717) is 6.29 Å². The second kappa shape index (κ2) is 2.93. The fraction of sp³-hybridized carbons (Fsp3) is 0.800. The van der Waals surface area contributed by atoms with E-state index in [9.17, 15) is 4.79 Å². The minimum atomic E-state index is -4.04. The van der Waals surface area contributed by atoms with Gasteiger partial charge in [0.15, 0.2) is 0 Å². The Kier molecular flexibility index (Phi) is 2.92. The number of carbonyl (C=O) groups excluding carboxylic acids is 1. The van der Waals surface area contributed by atoms with Crippen LogP contribution in [0.4, 0.5) is 0 Å². The van der Waals surface area contributed by atoms with Gasteiger partial charge < -0.3 is 0 Å². The summed E-state index contributed by atoms with van der Waals surface area (Å²) in [7, 11) is -4.04. The van der Waals surface area contributed by atoms with Crippen molar-refractivity contribution in [1.29, 1.82) is 0 Å². The van der Waals surface area contributed by atoms with Crippen LogP contribution in [0.25, 0.3) is 0 Å². The normalized spacial score (nSPS) is 14.9. The molecule has 0 heterocycles. The van der Waals surface area contributed by atoms with Crippen molar-refractivity contribution in [2.45, 2.75) is 13.8 Å². The van der Waals surface area contributed by atoms with Gasteiger partial charge in [0, 0.05) is 0 Å². The summed E-state index contributed by atoms with van der Waals surface area (Å²) >= 11 is 0. The Hall–Kier alpha value is -0.0200. The van der Waals surface area contributed by atoms with Crippen molar-refractivity contribution >= 4 is 14.2 Å². The Balaban J connectivity index is 4.01. The molecular weight excluding hydrogens is 155 g/mol. The number of rotatable bonds is 3. The van der Waals surface area contributed by atoms with Crippen LogP contribution in [-0.2, 0) is 4.79 Å². The average molecular weight is 168 g/mol. The Morgan fingerprint density at radius 2 is 1.80 bits per heavy atom. The first-order chi connectivity index (χ1) is 4.27. The summed E-state index contributed by atoms with van der Waals surface area (Å²) in [5.41, 5.74) is -0.843. The topological polar surface area (TPSA) is 77.8 Å². The quantitative estimate of drug-likeness (QED) is 0.398. The molecule has 3 N–H and O–H groups in total. The monoisotopic (exact) mass is 168 g/mol. The molecule has 10 heavy (non-hydrogen) atoms. The van der Waals surface area contributed by atoms with Gasteiger partial charge in [0.2, 0.25) is 0 Å². The van der Waals surface area contributed by atoms with Crippen LogP contribution >= 0.6 is 7.94 Å². The second-order valence-corrected chi connectivity index (χ2v) is 4.96. The van der Waals surface area contributed by atoms with E-state index in [0.717, 1.165) is 0 Å². The van der Waals surface area contributed by atoms with Gasteiger partial charge in [-0.1, -0.05) is 0 Å². The molecule has 0 bridgehead atoms. The van der Waals surface area contributed by atoms with Gasteiger partial charge in [-0.05, 0) is 0 Å². The van der Waals surface area contributed by atoms with Crippen molar-refractivity contribution in [3.05, 3.63) is 0 Å². The summed E-state index contributed by atoms with van der Waals surface area (Å²) in [6.07, 6.45) is 0.348. The van der Waals surface area contributed by atoms with Crippen LogP contribution in [0.5, 0.6) is 0 Å². The van der Waals surface area contributed by atoms with E-state index in [2.05, 4.69) is 0 Å². The fourth-order valence-corrected chi connectivity index (χ4v) is 1.96. The minimum absolute atomic E-state index is 0.247. The maximum atomic E-state index is 10.2. The van der Waals surface area contributed by atoms with E-state index in [1.165, 1.54) is 13.8 Å². The number of aldehydes is 1. The molecule has 0 rings (SSSR count). The van der Waals surface area contributed by atoms with E-state index in [1.54, 1.807) is 0 Å². The Bertz CT molecular complexity index is 126. The molecule has 0 aromatic carbocycles. The third-order valence-corrected chi connectivity index (χ3v) is 2.40. The molecule has 62 valence electrons. The maximum absolute atomic E-state index is 10.2. The van der Waals surface area contributed by atoms with E-state index < -0.39 is 13.4 Å². The summed E-state index contributed by atoms with van der Waals surface area (Å²) in [6, 6.07) is 0. The predicted octanol–water partition coefficient (Wildman–Crippen LogP) is -0.317. The van der Waals surface area contributed by atoms with Crippen LogP contribution in [0.1, 0.15) is 13.8 Å². The Morgan fingerprint density at radius 3 is 1.90 bits per heavy atom. The molecule has 0 unspecified atom stereocenters. The van der Waals surface area contributed by atoms with E-state index >= 15 is 0 Å². The summed E-state index contributed by atoms with van der Waals surface area (Å²) < 4.78 is 0. The zero-order valence-corrected chi connectivity index (χ0v) is 7.03. The van der Waals surface area contributed by atoms with Crippen LogP contribution < -0.4 is 0 Å². The Morgan fingerprint density at radius 1 is 1.40 bits per heavy atom. The van der Waals surface area contributed by atoms with E-state index in [1.807, 2.05) is 0 Å². The van der Waals surface area contributed by atoms with E-state index in [-0.39, 0.29) is 6.16 Å². The molecule has 0 saturated heterocycles. The summed E-state index contributed by atoms with van der Waals surface area (Å²) in [4.78, 5) is 35.9. The molecule has 0 aliphatic rings. The van der Waals surface area contributed by atoms with Gasteiger partial charge in [0.25, 0.3) is 0 Å². The van der Waals surface area contributed by atoms with E-state index in [4.69, 9.17) is 14.7 Å². The first kappa shape index (κ1) is 9.98. The second-order valence-electron chi connectivity index (χ2n) is 3.06. The number of carbonyl (C=O) groups is 1. The van der Waals surface area contributed by atoms with Gasteiger partial charge in [-0.15, -0.1) is 0 Å². The average Bonchev–Trinajstić information content (AvgIpc) is 1.60. The van der Waals surface area contributed by atoms with Crippen molar-refractivity contribution in [3.8, 4) is 0 Å². The molecule has 0 spiro atoms. The molecule has 0 amide bonds. The molecule has 0 saturated carbocycles. The molecule has 0 fully saturated rings. The Labute approximate surface area is 60.1 Å². The van der Waals surface area contributed by atoms with Crippen LogP contribution in [-0.4, -0.2) is 27.1 Å². The SMILES string of the molecule is CC(C)(C=O)C[PH](O)(O)O. The van der Waals surface area contributed by atoms with Crippen LogP contribution in [0.3, 0.4) is 0 Å². The molecule has 4 nitrogen and oxygen atoms in total. The summed E-state index contributed by atoms with van der Waals surface area (Å²) in [5.74, 6) is 0. The molecule has 0 atom stereocenters. The fourth-order valence-electron chi connectivity index (χ4n) is 0.653. The third kappa shape index (κ3) is 4.82. The first-order valence-corrected chi connectivity index (χ1v) is 4.95. The van der Waals surface area contributed by atoms with Crippen molar-refractivity contribution in [1.82, 2.24) is 0 Å². The van der Waals surface area contributed by atoms with Gasteiger partial charge >= 0.3 is 59.1 Å². The zero-order valence-electron chi connectivity index (χ0n) is 6.03. The van der Waals surface area contributed by atoms with Crippen molar-refractivity contribution in [2.24, 2.45) is 5.41 Å². The van der Waals surface area contributed by atoms with Crippen LogP contribution in [0, 0.1) is 5.41 Å². The van der Waals surface area contributed by atoms with Crippen molar-refractivity contribution < 1.29 is 19.5 Å². The zero-order chi connectivity index (χ0) is 8.41. The molecule has 0 aromatic heterocycles. The van der Waals surface area contributed by atoms with Crippen molar-refractivity contribution in [3.63, 3.8) is 0 Å². The van der Waals surface area contributed by atoms with Gasteiger partial charge in [-0.25, -0.2) is 0 Å². The third-order valence-electron chi connectivity index (χ3n) is 1.01. The predicted molar refractivity (Wildman–Crippen MR) is 39.7 cm³/mol. The standard InChI is InChI=1S/C5H13O4P/c1-5(2,3-6)4-10(7,8)9/h3,7-10H,4H2,1-2H3. The molecule has 0 aromatic rings. The van der Waals surface area contributed by atoms with Gasteiger partial charge in [0.1, 0.15) is 0 Å². The van der Waals surface area contributed by atoms with Gasteiger partial charge in [0.05, 0.1) is 0 Å². The molecular formula is C5H13O4P. The summed E-state index contributed by atoms with van der Waals surface area (Å²) in [5, 5.41) is 0. The first-order valence-electron chi connectivity index (χ1n) is 2.90. The molecule has 0 aliphatic carbocycles. The molecule has 5 heteroatoms. The molecule has 0 radical (unpaired) electrons. The van der Waals surface area contributed by atoms with Crippen molar-refractivity contribution in [2.75, 3.05) is 6.16 Å².